The Hall–Kier alpha value is -2.33. The van der Waals surface area contributed by atoms with Crippen LogP contribution in [0.15, 0.2) is 54.6 Å². The zero-order valence-electron chi connectivity index (χ0n) is 13.4. The van der Waals surface area contributed by atoms with Crippen molar-refractivity contribution in [1.82, 2.24) is 9.80 Å². The minimum absolute atomic E-state index is 0.104. The molecule has 0 bridgehead atoms. The lowest BCUT2D eigenvalue weighted by atomic mass is 10.1. The molecule has 0 N–H and O–H groups in total. The number of hydrogen-bond donors (Lipinski definition) is 0. The number of benzene rings is 2. The van der Waals surface area contributed by atoms with Crippen molar-refractivity contribution in [3.05, 3.63) is 65.7 Å². The number of rotatable bonds is 4. The SMILES string of the molecule is CN1CCN(C(=O)c2ccc(OCc3ccccc3)cc2)CC1. The molecule has 0 saturated carbocycles. The molecule has 0 unspecified atom stereocenters. The van der Waals surface area contributed by atoms with Crippen LogP contribution in [-0.4, -0.2) is 48.9 Å². The highest BCUT2D eigenvalue weighted by atomic mass is 16.5. The second kappa shape index (κ2) is 7.29. The first-order valence-electron chi connectivity index (χ1n) is 7.97. The molecule has 1 amide bonds. The van der Waals surface area contributed by atoms with Gasteiger partial charge < -0.3 is 14.5 Å². The number of amides is 1. The average molecular weight is 310 g/mol. The molecule has 23 heavy (non-hydrogen) atoms. The Morgan fingerprint density at radius 2 is 1.61 bits per heavy atom. The summed E-state index contributed by atoms with van der Waals surface area (Å²) in [5.41, 5.74) is 1.85. The van der Waals surface area contributed by atoms with Gasteiger partial charge in [-0.25, -0.2) is 0 Å². The van der Waals surface area contributed by atoms with Crippen molar-refractivity contribution in [1.29, 1.82) is 0 Å². The average Bonchev–Trinajstić information content (AvgIpc) is 2.61. The van der Waals surface area contributed by atoms with Crippen molar-refractivity contribution in [2.24, 2.45) is 0 Å². The molecule has 0 atom stereocenters. The summed E-state index contributed by atoms with van der Waals surface area (Å²) in [4.78, 5) is 16.6. The fourth-order valence-electron chi connectivity index (χ4n) is 2.63. The normalized spacial score (nSPS) is 15.4. The van der Waals surface area contributed by atoms with Crippen LogP contribution in [-0.2, 0) is 6.61 Å². The first-order valence-corrected chi connectivity index (χ1v) is 7.97. The van der Waals surface area contributed by atoms with E-state index in [1.165, 1.54) is 0 Å². The van der Waals surface area contributed by atoms with Crippen LogP contribution < -0.4 is 4.74 Å². The predicted octanol–water partition coefficient (Wildman–Crippen LogP) is 2.65. The Kier molecular flexibility index (Phi) is 4.93. The van der Waals surface area contributed by atoms with Crippen LogP contribution >= 0.6 is 0 Å². The number of nitrogens with zero attached hydrogens (tertiary/aromatic N) is 2. The lowest BCUT2D eigenvalue weighted by Gasteiger charge is -2.32. The van der Waals surface area contributed by atoms with Gasteiger partial charge in [0.15, 0.2) is 0 Å². The highest BCUT2D eigenvalue weighted by molar-refractivity contribution is 5.94. The van der Waals surface area contributed by atoms with E-state index >= 15 is 0 Å². The van der Waals surface area contributed by atoms with Gasteiger partial charge in [-0.2, -0.15) is 0 Å². The summed E-state index contributed by atoms with van der Waals surface area (Å²) in [6.45, 7) is 3.99. The Balaban J connectivity index is 1.57. The number of carbonyl (C=O) groups is 1. The smallest absolute Gasteiger partial charge is 0.253 e. The van der Waals surface area contributed by atoms with Crippen molar-refractivity contribution in [3.63, 3.8) is 0 Å². The lowest BCUT2D eigenvalue weighted by Crippen LogP contribution is -2.47. The third kappa shape index (κ3) is 4.11. The standard InChI is InChI=1S/C19H22N2O2/c1-20-11-13-21(14-12-20)19(22)17-7-9-18(10-8-17)23-15-16-5-3-2-4-6-16/h2-10H,11-15H2,1H3. The first-order chi connectivity index (χ1) is 11.2. The summed E-state index contributed by atoms with van der Waals surface area (Å²) in [7, 11) is 2.08. The van der Waals surface area contributed by atoms with Crippen LogP contribution in [0, 0.1) is 0 Å². The monoisotopic (exact) mass is 310 g/mol. The zero-order chi connectivity index (χ0) is 16.1. The van der Waals surface area contributed by atoms with E-state index in [-0.39, 0.29) is 5.91 Å². The van der Waals surface area contributed by atoms with E-state index in [9.17, 15) is 4.79 Å². The second-order valence-electron chi connectivity index (χ2n) is 5.89. The van der Waals surface area contributed by atoms with Crippen molar-refractivity contribution in [2.45, 2.75) is 6.61 Å². The summed E-state index contributed by atoms with van der Waals surface area (Å²) in [6, 6.07) is 17.5. The largest absolute Gasteiger partial charge is 0.489 e. The van der Waals surface area contributed by atoms with Gasteiger partial charge in [0, 0.05) is 31.7 Å². The molecule has 1 aliphatic heterocycles. The maximum atomic E-state index is 12.5. The Bertz CT molecular complexity index is 632. The second-order valence-corrected chi connectivity index (χ2v) is 5.89. The molecule has 0 spiro atoms. The minimum Gasteiger partial charge on any atom is -0.489 e. The topological polar surface area (TPSA) is 32.8 Å². The number of hydrogen-bond acceptors (Lipinski definition) is 3. The molecular formula is C19H22N2O2. The maximum absolute atomic E-state index is 12.5. The van der Waals surface area contributed by atoms with Crippen molar-refractivity contribution >= 4 is 5.91 Å². The summed E-state index contributed by atoms with van der Waals surface area (Å²) in [6.07, 6.45) is 0. The highest BCUT2D eigenvalue weighted by Gasteiger charge is 2.20. The molecule has 1 heterocycles. The van der Waals surface area contributed by atoms with Crippen LogP contribution in [0.1, 0.15) is 15.9 Å². The van der Waals surface area contributed by atoms with E-state index in [4.69, 9.17) is 4.74 Å². The van der Waals surface area contributed by atoms with Crippen LogP contribution in [0.3, 0.4) is 0 Å². The lowest BCUT2D eigenvalue weighted by molar-refractivity contribution is 0.0664. The molecule has 4 nitrogen and oxygen atoms in total. The van der Waals surface area contributed by atoms with E-state index in [0.717, 1.165) is 43.1 Å². The molecule has 0 radical (unpaired) electrons. The number of likely N-dealkylation sites (N-methyl/N-ethyl adjacent to an activating group) is 1. The van der Waals surface area contributed by atoms with Gasteiger partial charge in [-0.05, 0) is 36.9 Å². The highest BCUT2D eigenvalue weighted by Crippen LogP contribution is 2.16. The summed E-state index contributed by atoms with van der Waals surface area (Å²) in [5.74, 6) is 0.886. The van der Waals surface area contributed by atoms with Gasteiger partial charge in [0.2, 0.25) is 0 Å². The molecular weight excluding hydrogens is 288 g/mol. The molecule has 120 valence electrons. The van der Waals surface area contributed by atoms with Gasteiger partial charge in [0.25, 0.3) is 5.91 Å². The molecule has 2 aromatic carbocycles. The van der Waals surface area contributed by atoms with E-state index in [2.05, 4.69) is 11.9 Å². The van der Waals surface area contributed by atoms with Gasteiger partial charge in [0.1, 0.15) is 12.4 Å². The van der Waals surface area contributed by atoms with Crippen LogP contribution in [0.5, 0.6) is 5.75 Å². The zero-order valence-corrected chi connectivity index (χ0v) is 13.4. The Morgan fingerprint density at radius 1 is 0.957 bits per heavy atom. The van der Waals surface area contributed by atoms with Crippen molar-refractivity contribution in [2.75, 3.05) is 33.2 Å². The molecule has 1 fully saturated rings. The van der Waals surface area contributed by atoms with Gasteiger partial charge in [-0.1, -0.05) is 30.3 Å². The van der Waals surface area contributed by atoms with Gasteiger partial charge in [0.05, 0.1) is 0 Å². The van der Waals surface area contributed by atoms with Crippen LogP contribution in [0.2, 0.25) is 0 Å². The van der Waals surface area contributed by atoms with Gasteiger partial charge in [-0.3, -0.25) is 4.79 Å². The molecule has 1 saturated heterocycles. The molecule has 0 aromatic heterocycles. The van der Waals surface area contributed by atoms with E-state index < -0.39 is 0 Å². The third-order valence-corrected chi connectivity index (χ3v) is 4.14. The van der Waals surface area contributed by atoms with E-state index in [1.807, 2.05) is 59.5 Å². The minimum atomic E-state index is 0.104. The fourth-order valence-corrected chi connectivity index (χ4v) is 2.63. The number of ether oxygens (including phenoxy) is 1. The molecule has 3 rings (SSSR count). The van der Waals surface area contributed by atoms with Crippen molar-refractivity contribution < 1.29 is 9.53 Å². The van der Waals surface area contributed by atoms with Crippen LogP contribution in [0.25, 0.3) is 0 Å². The number of piperazine rings is 1. The molecule has 1 aliphatic rings. The van der Waals surface area contributed by atoms with E-state index in [0.29, 0.717) is 6.61 Å². The van der Waals surface area contributed by atoms with Gasteiger partial charge in [-0.15, -0.1) is 0 Å². The summed E-state index contributed by atoms with van der Waals surface area (Å²) in [5, 5.41) is 0. The van der Waals surface area contributed by atoms with E-state index in [1.54, 1.807) is 0 Å². The van der Waals surface area contributed by atoms with Crippen LogP contribution in [0.4, 0.5) is 0 Å². The molecule has 0 aliphatic carbocycles. The fraction of sp³-hybridized carbons (Fsp3) is 0.316. The van der Waals surface area contributed by atoms with Crippen molar-refractivity contribution in [3.8, 4) is 5.75 Å². The Morgan fingerprint density at radius 3 is 2.26 bits per heavy atom. The third-order valence-electron chi connectivity index (χ3n) is 4.14. The summed E-state index contributed by atoms with van der Waals surface area (Å²) < 4.78 is 5.75. The molecule has 2 aromatic rings. The predicted molar refractivity (Wildman–Crippen MR) is 90.6 cm³/mol. The first kappa shape index (κ1) is 15.6. The Labute approximate surface area is 137 Å². The van der Waals surface area contributed by atoms with Gasteiger partial charge >= 0.3 is 0 Å². The quantitative estimate of drug-likeness (QED) is 0.870. The summed E-state index contributed by atoms with van der Waals surface area (Å²) >= 11 is 0. The number of carbonyl (C=O) groups excluding carboxylic acids is 1. The molecule has 4 heteroatoms. The maximum Gasteiger partial charge on any atom is 0.253 e.